The summed E-state index contributed by atoms with van der Waals surface area (Å²) in [5.74, 6) is 0.893. The molecule has 2 aromatic rings. The summed E-state index contributed by atoms with van der Waals surface area (Å²) in [6.45, 7) is 1.64. The maximum absolute atomic E-state index is 5.18. The van der Waals surface area contributed by atoms with Gasteiger partial charge in [-0.05, 0) is 23.8 Å². The second kappa shape index (κ2) is 5.50. The van der Waals surface area contributed by atoms with Gasteiger partial charge in [-0.2, -0.15) is 5.10 Å². The van der Waals surface area contributed by atoms with Crippen LogP contribution in [0.1, 0.15) is 11.3 Å². The van der Waals surface area contributed by atoms with Gasteiger partial charge < -0.3 is 10.1 Å². The van der Waals surface area contributed by atoms with Gasteiger partial charge in [-0.1, -0.05) is 12.1 Å². The Morgan fingerprint density at radius 3 is 2.88 bits per heavy atom. The minimum atomic E-state index is 0.813. The van der Waals surface area contributed by atoms with E-state index in [2.05, 4.69) is 16.5 Å². The second-order valence-corrected chi connectivity index (χ2v) is 3.90. The highest BCUT2D eigenvalue weighted by Gasteiger charge is 1.99. The van der Waals surface area contributed by atoms with Crippen LogP contribution >= 0.6 is 0 Å². The number of rotatable bonds is 5. The number of methoxy groups -OCH3 is 1. The summed E-state index contributed by atoms with van der Waals surface area (Å²) in [7, 11) is 3.63. The minimum Gasteiger partial charge on any atom is -0.497 e. The molecule has 0 unspecified atom stereocenters. The second-order valence-electron chi connectivity index (χ2n) is 3.90. The molecule has 0 aliphatic heterocycles. The highest BCUT2D eigenvalue weighted by molar-refractivity contribution is 5.28. The molecule has 0 saturated carbocycles. The van der Waals surface area contributed by atoms with Gasteiger partial charge in [0.2, 0.25) is 0 Å². The number of nitrogens with zero attached hydrogens (tertiary/aromatic N) is 2. The van der Waals surface area contributed by atoms with E-state index in [0.29, 0.717) is 0 Å². The van der Waals surface area contributed by atoms with Gasteiger partial charge >= 0.3 is 0 Å². The van der Waals surface area contributed by atoms with E-state index in [4.69, 9.17) is 4.74 Å². The van der Waals surface area contributed by atoms with Crippen molar-refractivity contribution >= 4 is 0 Å². The zero-order chi connectivity index (χ0) is 12.1. The topological polar surface area (TPSA) is 39.1 Å². The van der Waals surface area contributed by atoms with Gasteiger partial charge in [0, 0.05) is 26.3 Å². The number of hydrogen-bond donors (Lipinski definition) is 1. The molecule has 0 atom stereocenters. The number of benzene rings is 1. The van der Waals surface area contributed by atoms with Crippen LogP contribution in [0.15, 0.2) is 36.5 Å². The smallest absolute Gasteiger partial charge is 0.119 e. The van der Waals surface area contributed by atoms with Crippen LogP contribution in [0.4, 0.5) is 0 Å². The first kappa shape index (κ1) is 11.7. The van der Waals surface area contributed by atoms with Gasteiger partial charge in [0.05, 0.1) is 12.8 Å². The first-order valence-corrected chi connectivity index (χ1v) is 5.60. The number of ether oxygens (including phenoxy) is 1. The van der Waals surface area contributed by atoms with Crippen molar-refractivity contribution < 1.29 is 4.74 Å². The van der Waals surface area contributed by atoms with Crippen LogP contribution in [-0.2, 0) is 20.1 Å². The van der Waals surface area contributed by atoms with Crippen LogP contribution in [0.25, 0.3) is 0 Å². The maximum Gasteiger partial charge on any atom is 0.119 e. The molecule has 0 bridgehead atoms. The third kappa shape index (κ3) is 3.07. The van der Waals surface area contributed by atoms with Crippen LogP contribution in [0.5, 0.6) is 5.75 Å². The zero-order valence-electron chi connectivity index (χ0n) is 10.2. The standard InChI is InChI=1S/C13H17N3O/c1-16-12(6-7-15-16)10-14-9-11-4-3-5-13(8-11)17-2/h3-8,14H,9-10H2,1-2H3. The van der Waals surface area contributed by atoms with Gasteiger partial charge in [-0.3, -0.25) is 4.68 Å². The van der Waals surface area contributed by atoms with Crippen molar-refractivity contribution in [3.8, 4) is 5.75 Å². The summed E-state index contributed by atoms with van der Waals surface area (Å²) in [4.78, 5) is 0. The van der Waals surface area contributed by atoms with Crippen molar-refractivity contribution in [1.82, 2.24) is 15.1 Å². The quantitative estimate of drug-likeness (QED) is 0.851. The number of aromatic nitrogens is 2. The lowest BCUT2D eigenvalue weighted by molar-refractivity contribution is 0.414. The molecule has 0 amide bonds. The van der Waals surface area contributed by atoms with Crippen molar-refractivity contribution in [2.75, 3.05) is 7.11 Å². The lowest BCUT2D eigenvalue weighted by Crippen LogP contribution is -2.15. The Kier molecular flexibility index (Phi) is 3.77. The molecule has 0 fully saturated rings. The highest BCUT2D eigenvalue weighted by atomic mass is 16.5. The zero-order valence-corrected chi connectivity index (χ0v) is 10.2. The Hall–Kier alpha value is -1.81. The molecule has 1 heterocycles. The number of aryl methyl sites for hydroxylation is 1. The Bertz CT molecular complexity index is 479. The lowest BCUT2D eigenvalue weighted by atomic mass is 10.2. The van der Waals surface area contributed by atoms with Gasteiger partial charge in [0.1, 0.15) is 5.75 Å². The molecule has 0 radical (unpaired) electrons. The Morgan fingerprint density at radius 2 is 2.18 bits per heavy atom. The molecule has 0 saturated heterocycles. The molecule has 0 spiro atoms. The molecular weight excluding hydrogens is 214 g/mol. The van der Waals surface area contributed by atoms with Crippen molar-refractivity contribution in [2.24, 2.45) is 7.05 Å². The Labute approximate surface area is 101 Å². The maximum atomic E-state index is 5.18. The van der Waals surface area contributed by atoms with Crippen molar-refractivity contribution in [3.05, 3.63) is 47.8 Å². The summed E-state index contributed by atoms with van der Waals surface area (Å²) < 4.78 is 7.06. The van der Waals surface area contributed by atoms with Gasteiger partial charge in [-0.15, -0.1) is 0 Å². The molecule has 90 valence electrons. The third-order valence-corrected chi connectivity index (χ3v) is 2.69. The molecule has 2 rings (SSSR count). The van der Waals surface area contributed by atoms with Crippen molar-refractivity contribution in [1.29, 1.82) is 0 Å². The predicted molar refractivity (Wildman–Crippen MR) is 66.7 cm³/mol. The molecule has 1 aromatic heterocycles. The van der Waals surface area contributed by atoms with E-state index >= 15 is 0 Å². The normalized spacial score (nSPS) is 10.5. The largest absolute Gasteiger partial charge is 0.497 e. The van der Waals surface area contributed by atoms with E-state index < -0.39 is 0 Å². The van der Waals surface area contributed by atoms with E-state index in [0.717, 1.165) is 18.8 Å². The summed E-state index contributed by atoms with van der Waals surface area (Å²) in [6, 6.07) is 10.1. The first-order valence-electron chi connectivity index (χ1n) is 5.60. The molecule has 4 nitrogen and oxygen atoms in total. The minimum absolute atomic E-state index is 0.813. The fraction of sp³-hybridized carbons (Fsp3) is 0.308. The Morgan fingerprint density at radius 1 is 1.29 bits per heavy atom. The summed E-state index contributed by atoms with van der Waals surface area (Å²) >= 11 is 0. The fourth-order valence-electron chi connectivity index (χ4n) is 1.69. The lowest BCUT2D eigenvalue weighted by Gasteiger charge is -2.06. The van der Waals surface area contributed by atoms with Crippen LogP contribution in [0.3, 0.4) is 0 Å². The Balaban J connectivity index is 1.87. The third-order valence-electron chi connectivity index (χ3n) is 2.69. The van der Waals surface area contributed by atoms with Crippen LogP contribution < -0.4 is 10.1 Å². The first-order chi connectivity index (χ1) is 8.29. The summed E-state index contributed by atoms with van der Waals surface area (Å²) in [5.41, 5.74) is 2.39. The van der Waals surface area contributed by atoms with E-state index in [1.54, 1.807) is 7.11 Å². The van der Waals surface area contributed by atoms with E-state index in [-0.39, 0.29) is 0 Å². The average molecular weight is 231 g/mol. The number of nitrogens with one attached hydrogen (secondary N) is 1. The van der Waals surface area contributed by atoms with Crippen molar-refractivity contribution in [3.63, 3.8) is 0 Å². The monoisotopic (exact) mass is 231 g/mol. The van der Waals surface area contributed by atoms with Gasteiger partial charge in [-0.25, -0.2) is 0 Å². The summed E-state index contributed by atoms with van der Waals surface area (Å²) in [6.07, 6.45) is 1.81. The highest BCUT2D eigenvalue weighted by Crippen LogP contribution is 2.12. The SMILES string of the molecule is COc1cccc(CNCc2ccnn2C)c1. The van der Waals surface area contributed by atoms with Gasteiger partial charge in [0.15, 0.2) is 0 Å². The molecule has 1 aromatic carbocycles. The average Bonchev–Trinajstić information content (AvgIpc) is 2.76. The summed E-state index contributed by atoms with van der Waals surface area (Å²) in [5, 5.41) is 7.51. The van der Waals surface area contributed by atoms with E-state index in [1.165, 1.54) is 11.3 Å². The number of hydrogen-bond acceptors (Lipinski definition) is 3. The van der Waals surface area contributed by atoms with Crippen LogP contribution in [0.2, 0.25) is 0 Å². The van der Waals surface area contributed by atoms with Crippen LogP contribution in [-0.4, -0.2) is 16.9 Å². The van der Waals surface area contributed by atoms with Gasteiger partial charge in [0.25, 0.3) is 0 Å². The molecule has 17 heavy (non-hydrogen) atoms. The van der Waals surface area contributed by atoms with Crippen LogP contribution in [0, 0.1) is 0 Å². The van der Waals surface area contributed by atoms with E-state index in [9.17, 15) is 0 Å². The van der Waals surface area contributed by atoms with E-state index in [1.807, 2.05) is 42.2 Å². The molecule has 0 aliphatic rings. The molecule has 1 N–H and O–H groups in total. The fourth-order valence-corrected chi connectivity index (χ4v) is 1.69. The molecule has 0 aliphatic carbocycles. The van der Waals surface area contributed by atoms with Crippen molar-refractivity contribution in [2.45, 2.75) is 13.1 Å². The molecular formula is C13H17N3O. The predicted octanol–water partition coefficient (Wildman–Crippen LogP) is 1.72. The molecule has 4 heteroatoms.